The van der Waals surface area contributed by atoms with Crippen molar-refractivity contribution in [2.75, 3.05) is 26.2 Å². The summed E-state index contributed by atoms with van der Waals surface area (Å²) in [6.07, 6.45) is 0. The number of carbonyl (C=O) groups is 1. The molecule has 14 heavy (non-hydrogen) atoms. The molecule has 3 heteroatoms. The van der Waals surface area contributed by atoms with E-state index in [1.54, 1.807) is 6.92 Å². The number of allylic oxidation sites excluding steroid dienone is 1. The summed E-state index contributed by atoms with van der Waals surface area (Å²) in [4.78, 5) is 15.3. The number of piperazine rings is 1. The van der Waals surface area contributed by atoms with Crippen LogP contribution in [0.25, 0.3) is 0 Å². The first-order valence-electron chi connectivity index (χ1n) is 5.21. The molecule has 1 rings (SSSR count). The Morgan fingerprint density at radius 1 is 1.14 bits per heavy atom. The average Bonchev–Trinajstić information content (AvgIpc) is 2.16. The van der Waals surface area contributed by atoms with Crippen molar-refractivity contribution in [3.8, 4) is 0 Å². The van der Waals surface area contributed by atoms with Gasteiger partial charge in [0.05, 0.1) is 0 Å². The minimum absolute atomic E-state index is 0.180. The van der Waals surface area contributed by atoms with Crippen molar-refractivity contribution in [3.05, 3.63) is 12.3 Å². The summed E-state index contributed by atoms with van der Waals surface area (Å²) in [6, 6.07) is 0. The average molecular weight is 196 g/mol. The number of hydrogen-bond donors (Lipinski definition) is 0. The van der Waals surface area contributed by atoms with Gasteiger partial charge in [0.25, 0.3) is 0 Å². The predicted molar refractivity (Wildman–Crippen MR) is 57.8 cm³/mol. The second-order valence-electron chi connectivity index (χ2n) is 4.14. The highest BCUT2D eigenvalue weighted by atomic mass is 16.2. The van der Waals surface area contributed by atoms with Gasteiger partial charge in [-0.25, -0.2) is 0 Å². The van der Waals surface area contributed by atoms with E-state index >= 15 is 0 Å². The zero-order valence-electron chi connectivity index (χ0n) is 9.42. The summed E-state index contributed by atoms with van der Waals surface area (Å²) in [5.41, 5.74) is 1.19. The number of hydrogen-bond acceptors (Lipinski definition) is 2. The summed E-state index contributed by atoms with van der Waals surface area (Å²) in [5.74, 6) is 0.679. The van der Waals surface area contributed by atoms with E-state index in [0.717, 1.165) is 26.2 Å². The first-order chi connectivity index (χ1) is 6.52. The summed E-state index contributed by atoms with van der Waals surface area (Å²) in [6.45, 7) is 13.5. The van der Waals surface area contributed by atoms with E-state index in [0.29, 0.717) is 5.92 Å². The molecule has 0 N–H and O–H groups in total. The molecule has 0 aromatic rings. The Morgan fingerprint density at radius 2 is 1.57 bits per heavy atom. The van der Waals surface area contributed by atoms with Gasteiger partial charge in [-0.15, -0.1) is 0 Å². The van der Waals surface area contributed by atoms with E-state index in [9.17, 15) is 4.79 Å². The maximum atomic E-state index is 11.1. The van der Waals surface area contributed by atoms with E-state index in [1.807, 2.05) is 4.90 Å². The molecule has 0 bridgehead atoms. The Hall–Kier alpha value is -0.990. The molecule has 0 aromatic heterocycles. The van der Waals surface area contributed by atoms with Crippen molar-refractivity contribution >= 4 is 5.91 Å². The molecule has 1 aliphatic rings. The molecule has 1 fully saturated rings. The van der Waals surface area contributed by atoms with Crippen molar-refractivity contribution in [2.45, 2.75) is 20.8 Å². The SMILES string of the molecule is C=C(C(C)C)N1CCN(C(C)=O)CC1. The summed E-state index contributed by atoms with van der Waals surface area (Å²) in [7, 11) is 0. The minimum atomic E-state index is 0.180. The molecule has 3 nitrogen and oxygen atoms in total. The molecule has 1 aliphatic heterocycles. The van der Waals surface area contributed by atoms with Crippen LogP contribution in [-0.4, -0.2) is 41.9 Å². The van der Waals surface area contributed by atoms with Gasteiger partial charge in [-0.2, -0.15) is 0 Å². The smallest absolute Gasteiger partial charge is 0.219 e. The molecule has 1 amide bonds. The molecular formula is C11H20N2O. The quantitative estimate of drug-likeness (QED) is 0.665. The molecule has 0 unspecified atom stereocenters. The fourth-order valence-corrected chi connectivity index (χ4v) is 1.67. The third-order valence-corrected chi connectivity index (χ3v) is 2.80. The summed E-state index contributed by atoms with van der Waals surface area (Å²) in [5, 5.41) is 0. The van der Waals surface area contributed by atoms with Crippen molar-refractivity contribution < 1.29 is 4.79 Å². The van der Waals surface area contributed by atoms with Gasteiger partial charge in [0.1, 0.15) is 0 Å². The Balaban J connectivity index is 2.43. The van der Waals surface area contributed by atoms with Crippen LogP contribution in [0, 0.1) is 5.92 Å². The van der Waals surface area contributed by atoms with Gasteiger partial charge >= 0.3 is 0 Å². The van der Waals surface area contributed by atoms with Gasteiger partial charge in [0.2, 0.25) is 5.91 Å². The standard InChI is InChI=1S/C11H20N2O/c1-9(2)10(3)12-5-7-13(8-6-12)11(4)14/h9H,3,5-8H2,1-2,4H3. The van der Waals surface area contributed by atoms with Crippen LogP contribution in [0.5, 0.6) is 0 Å². The second-order valence-corrected chi connectivity index (χ2v) is 4.14. The molecule has 1 heterocycles. The number of carbonyl (C=O) groups excluding carboxylic acids is 1. The van der Waals surface area contributed by atoms with Crippen molar-refractivity contribution in [2.24, 2.45) is 5.92 Å². The zero-order chi connectivity index (χ0) is 10.7. The largest absolute Gasteiger partial charge is 0.372 e. The highest BCUT2D eigenvalue weighted by Gasteiger charge is 2.20. The van der Waals surface area contributed by atoms with Crippen LogP contribution >= 0.6 is 0 Å². The molecule has 1 saturated heterocycles. The van der Waals surface area contributed by atoms with Gasteiger partial charge in [-0.3, -0.25) is 4.79 Å². The van der Waals surface area contributed by atoms with Crippen molar-refractivity contribution in [1.82, 2.24) is 9.80 Å². The van der Waals surface area contributed by atoms with Gasteiger partial charge in [0, 0.05) is 38.8 Å². The topological polar surface area (TPSA) is 23.6 Å². The van der Waals surface area contributed by atoms with E-state index in [-0.39, 0.29) is 5.91 Å². The molecule has 0 spiro atoms. The van der Waals surface area contributed by atoms with E-state index in [1.165, 1.54) is 5.70 Å². The van der Waals surface area contributed by atoms with Crippen LogP contribution in [0.1, 0.15) is 20.8 Å². The van der Waals surface area contributed by atoms with E-state index in [4.69, 9.17) is 0 Å². The molecule has 0 saturated carbocycles. The molecule has 0 atom stereocenters. The number of nitrogens with zero attached hydrogens (tertiary/aromatic N) is 2. The second kappa shape index (κ2) is 4.49. The Labute approximate surface area is 86.4 Å². The first kappa shape index (κ1) is 11.1. The van der Waals surface area contributed by atoms with Crippen LogP contribution in [0.15, 0.2) is 12.3 Å². The van der Waals surface area contributed by atoms with E-state index in [2.05, 4.69) is 25.3 Å². The summed E-state index contributed by atoms with van der Waals surface area (Å²) >= 11 is 0. The molecule has 0 aromatic carbocycles. The van der Waals surface area contributed by atoms with Crippen LogP contribution < -0.4 is 0 Å². The lowest BCUT2D eigenvalue weighted by molar-refractivity contribution is -0.130. The number of amides is 1. The normalized spacial score (nSPS) is 17.4. The van der Waals surface area contributed by atoms with Gasteiger partial charge in [-0.1, -0.05) is 20.4 Å². The third-order valence-electron chi connectivity index (χ3n) is 2.80. The Kier molecular flexibility index (Phi) is 3.55. The zero-order valence-corrected chi connectivity index (χ0v) is 9.42. The van der Waals surface area contributed by atoms with Crippen LogP contribution in [0.4, 0.5) is 0 Å². The van der Waals surface area contributed by atoms with Crippen molar-refractivity contribution in [1.29, 1.82) is 0 Å². The van der Waals surface area contributed by atoms with Crippen LogP contribution in [0.2, 0.25) is 0 Å². The monoisotopic (exact) mass is 196 g/mol. The van der Waals surface area contributed by atoms with Gasteiger partial charge in [0.15, 0.2) is 0 Å². The molecule has 0 aliphatic carbocycles. The maximum Gasteiger partial charge on any atom is 0.219 e. The lowest BCUT2D eigenvalue weighted by Gasteiger charge is -2.37. The molecule has 80 valence electrons. The maximum absolute atomic E-state index is 11.1. The van der Waals surface area contributed by atoms with Crippen molar-refractivity contribution in [3.63, 3.8) is 0 Å². The van der Waals surface area contributed by atoms with Gasteiger partial charge < -0.3 is 9.80 Å². The van der Waals surface area contributed by atoms with Crippen LogP contribution in [-0.2, 0) is 4.79 Å². The molecule has 0 radical (unpaired) electrons. The lowest BCUT2D eigenvalue weighted by Crippen LogP contribution is -2.47. The third kappa shape index (κ3) is 2.50. The summed E-state index contributed by atoms with van der Waals surface area (Å²) < 4.78 is 0. The fraction of sp³-hybridized carbons (Fsp3) is 0.727. The molecular weight excluding hydrogens is 176 g/mol. The van der Waals surface area contributed by atoms with Gasteiger partial charge in [-0.05, 0) is 5.92 Å². The Bertz CT molecular complexity index is 227. The highest BCUT2D eigenvalue weighted by Crippen LogP contribution is 2.15. The Morgan fingerprint density at radius 3 is 1.93 bits per heavy atom. The van der Waals surface area contributed by atoms with E-state index < -0.39 is 0 Å². The predicted octanol–water partition coefficient (Wildman–Crippen LogP) is 1.32. The minimum Gasteiger partial charge on any atom is -0.372 e. The fourth-order valence-electron chi connectivity index (χ4n) is 1.67. The lowest BCUT2D eigenvalue weighted by atomic mass is 10.1. The number of rotatable bonds is 2. The van der Waals surface area contributed by atoms with Crippen LogP contribution in [0.3, 0.4) is 0 Å². The highest BCUT2D eigenvalue weighted by molar-refractivity contribution is 5.73. The first-order valence-corrected chi connectivity index (χ1v) is 5.21.